The van der Waals surface area contributed by atoms with Crippen LogP contribution in [0.25, 0.3) is 0 Å². The van der Waals surface area contributed by atoms with Gasteiger partial charge < -0.3 is 4.90 Å². The van der Waals surface area contributed by atoms with E-state index in [1.165, 1.54) is 16.7 Å². The van der Waals surface area contributed by atoms with Crippen LogP contribution in [-0.2, 0) is 6.54 Å². The number of pyridine rings is 1. The Labute approximate surface area is 117 Å². The number of nitrogens with zero attached hydrogens (tertiary/aromatic N) is 2. The highest BCUT2D eigenvalue weighted by Crippen LogP contribution is 2.17. The third kappa shape index (κ3) is 3.10. The number of hydrogen-bond donors (Lipinski definition) is 0. The number of aromatic nitrogens is 1. The van der Waals surface area contributed by atoms with Crippen LogP contribution in [0.3, 0.4) is 0 Å². The molecule has 0 saturated heterocycles. The predicted octanol–water partition coefficient (Wildman–Crippen LogP) is 4.10. The summed E-state index contributed by atoms with van der Waals surface area (Å²) in [6.45, 7) is 5.16. The fraction of sp³-hybridized carbons (Fsp3) is 0.267. The Hall–Kier alpha value is -1.35. The van der Waals surface area contributed by atoms with Crippen molar-refractivity contribution in [1.82, 2.24) is 4.98 Å². The predicted molar refractivity (Wildman–Crippen MR) is 80.0 cm³/mol. The van der Waals surface area contributed by atoms with E-state index in [1.807, 2.05) is 18.3 Å². The Kier molecular flexibility index (Phi) is 4.02. The first kappa shape index (κ1) is 13.1. The van der Waals surface area contributed by atoms with E-state index in [2.05, 4.69) is 64.9 Å². The van der Waals surface area contributed by atoms with Gasteiger partial charge in [-0.1, -0.05) is 18.2 Å². The van der Waals surface area contributed by atoms with Crippen LogP contribution in [0.1, 0.15) is 16.7 Å². The van der Waals surface area contributed by atoms with E-state index in [1.54, 1.807) is 0 Å². The molecule has 2 rings (SSSR count). The Morgan fingerprint density at radius 3 is 2.50 bits per heavy atom. The van der Waals surface area contributed by atoms with Gasteiger partial charge in [0.15, 0.2) is 0 Å². The lowest BCUT2D eigenvalue weighted by molar-refractivity contribution is 0.895. The first-order valence-corrected chi connectivity index (χ1v) is 6.74. The summed E-state index contributed by atoms with van der Waals surface area (Å²) in [4.78, 5) is 6.54. The average Bonchev–Trinajstić information content (AvgIpc) is 2.34. The minimum absolute atomic E-state index is 0.871. The average molecular weight is 305 g/mol. The summed E-state index contributed by atoms with van der Waals surface area (Å²) in [6, 6.07) is 10.6. The number of hydrogen-bond acceptors (Lipinski definition) is 2. The lowest BCUT2D eigenvalue weighted by Crippen LogP contribution is -2.17. The van der Waals surface area contributed by atoms with E-state index in [4.69, 9.17) is 0 Å². The van der Waals surface area contributed by atoms with Crippen molar-refractivity contribution in [3.63, 3.8) is 0 Å². The van der Waals surface area contributed by atoms with Crippen LogP contribution in [0.4, 0.5) is 5.82 Å². The summed E-state index contributed by atoms with van der Waals surface area (Å²) in [5, 5.41) is 0. The highest BCUT2D eigenvalue weighted by molar-refractivity contribution is 9.10. The molecule has 0 aliphatic carbocycles. The van der Waals surface area contributed by atoms with Crippen molar-refractivity contribution in [2.75, 3.05) is 11.9 Å². The van der Waals surface area contributed by atoms with Crippen molar-refractivity contribution in [2.45, 2.75) is 20.4 Å². The van der Waals surface area contributed by atoms with Gasteiger partial charge in [0.05, 0.1) is 0 Å². The van der Waals surface area contributed by atoms with E-state index >= 15 is 0 Å². The van der Waals surface area contributed by atoms with E-state index in [9.17, 15) is 0 Å². The number of halogens is 1. The van der Waals surface area contributed by atoms with Gasteiger partial charge in [-0.3, -0.25) is 0 Å². The van der Waals surface area contributed by atoms with Crippen LogP contribution in [0.5, 0.6) is 0 Å². The summed E-state index contributed by atoms with van der Waals surface area (Å²) in [6.07, 6.45) is 1.83. The topological polar surface area (TPSA) is 16.1 Å². The van der Waals surface area contributed by atoms with Crippen LogP contribution in [0.15, 0.2) is 41.0 Å². The molecule has 1 aromatic carbocycles. The molecule has 0 amide bonds. The molecule has 3 heteroatoms. The molecule has 0 spiro atoms. The second-order valence-electron chi connectivity index (χ2n) is 4.61. The lowest BCUT2D eigenvalue weighted by atomic mass is 10.1. The molecule has 0 aliphatic rings. The summed E-state index contributed by atoms with van der Waals surface area (Å²) < 4.78 is 1.01. The molecular formula is C15H17BrN2. The van der Waals surface area contributed by atoms with Crippen molar-refractivity contribution >= 4 is 21.7 Å². The highest BCUT2D eigenvalue weighted by atomic mass is 79.9. The van der Waals surface area contributed by atoms with Gasteiger partial charge in [0.1, 0.15) is 5.82 Å². The lowest BCUT2D eigenvalue weighted by Gasteiger charge is -2.18. The molecule has 0 saturated carbocycles. The normalized spacial score (nSPS) is 10.4. The number of rotatable bonds is 3. The SMILES string of the molecule is Cc1ccc(CN(C)c2ccc(Br)cn2)cc1C. The molecule has 94 valence electrons. The molecular weight excluding hydrogens is 288 g/mol. The van der Waals surface area contributed by atoms with Gasteiger partial charge >= 0.3 is 0 Å². The van der Waals surface area contributed by atoms with Crippen molar-refractivity contribution in [3.05, 3.63) is 57.7 Å². The maximum absolute atomic E-state index is 4.39. The Morgan fingerprint density at radius 2 is 1.89 bits per heavy atom. The van der Waals surface area contributed by atoms with Gasteiger partial charge in [0, 0.05) is 24.3 Å². The first-order chi connectivity index (χ1) is 8.56. The fourth-order valence-electron chi connectivity index (χ4n) is 1.85. The van der Waals surface area contributed by atoms with Crippen molar-refractivity contribution in [1.29, 1.82) is 0 Å². The molecule has 0 N–H and O–H groups in total. The summed E-state index contributed by atoms with van der Waals surface area (Å²) >= 11 is 3.40. The monoisotopic (exact) mass is 304 g/mol. The Morgan fingerprint density at radius 1 is 1.11 bits per heavy atom. The van der Waals surface area contributed by atoms with E-state index in [0.29, 0.717) is 0 Å². The molecule has 0 bridgehead atoms. The molecule has 18 heavy (non-hydrogen) atoms. The molecule has 0 aliphatic heterocycles. The van der Waals surface area contributed by atoms with Crippen molar-refractivity contribution < 1.29 is 0 Å². The molecule has 1 heterocycles. The molecule has 0 fully saturated rings. The third-order valence-corrected chi connectivity index (χ3v) is 3.56. The smallest absolute Gasteiger partial charge is 0.128 e. The van der Waals surface area contributed by atoms with E-state index < -0.39 is 0 Å². The number of benzene rings is 1. The molecule has 1 aromatic heterocycles. The van der Waals surface area contributed by atoms with E-state index in [-0.39, 0.29) is 0 Å². The van der Waals surface area contributed by atoms with Gasteiger partial charge in [-0.05, 0) is 58.6 Å². The second kappa shape index (κ2) is 5.53. The van der Waals surface area contributed by atoms with Gasteiger partial charge in [-0.2, -0.15) is 0 Å². The Balaban J connectivity index is 2.13. The largest absolute Gasteiger partial charge is 0.355 e. The molecule has 2 nitrogen and oxygen atoms in total. The molecule has 0 atom stereocenters. The zero-order valence-corrected chi connectivity index (χ0v) is 12.5. The van der Waals surface area contributed by atoms with Gasteiger partial charge in [0.2, 0.25) is 0 Å². The maximum atomic E-state index is 4.39. The first-order valence-electron chi connectivity index (χ1n) is 5.95. The third-order valence-electron chi connectivity index (χ3n) is 3.09. The summed E-state index contributed by atoms with van der Waals surface area (Å²) in [5.41, 5.74) is 3.98. The minimum atomic E-state index is 0.871. The van der Waals surface area contributed by atoms with Gasteiger partial charge in [0.25, 0.3) is 0 Å². The fourth-order valence-corrected chi connectivity index (χ4v) is 2.09. The highest BCUT2D eigenvalue weighted by Gasteiger charge is 2.04. The maximum Gasteiger partial charge on any atom is 0.128 e. The van der Waals surface area contributed by atoms with Crippen LogP contribution in [-0.4, -0.2) is 12.0 Å². The van der Waals surface area contributed by atoms with Crippen LogP contribution in [0.2, 0.25) is 0 Å². The molecule has 0 unspecified atom stereocenters. The summed E-state index contributed by atoms with van der Waals surface area (Å²) in [7, 11) is 2.06. The summed E-state index contributed by atoms with van der Waals surface area (Å²) in [5.74, 6) is 0.983. The zero-order valence-electron chi connectivity index (χ0n) is 10.9. The minimum Gasteiger partial charge on any atom is -0.355 e. The van der Waals surface area contributed by atoms with Gasteiger partial charge in [-0.15, -0.1) is 0 Å². The zero-order chi connectivity index (χ0) is 13.1. The quantitative estimate of drug-likeness (QED) is 0.849. The van der Waals surface area contributed by atoms with Crippen LogP contribution < -0.4 is 4.90 Å². The van der Waals surface area contributed by atoms with Crippen molar-refractivity contribution in [3.8, 4) is 0 Å². The molecule has 2 aromatic rings. The Bertz CT molecular complexity index is 535. The number of aryl methyl sites for hydroxylation is 2. The van der Waals surface area contributed by atoms with Crippen LogP contribution in [0, 0.1) is 13.8 Å². The van der Waals surface area contributed by atoms with Crippen molar-refractivity contribution in [2.24, 2.45) is 0 Å². The molecule has 0 radical (unpaired) electrons. The number of anilines is 1. The second-order valence-corrected chi connectivity index (χ2v) is 5.52. The van der Waals surface area contributed by atoms with E-state index in [0.717, 1.165) is 16.8 Å². The standard InChI is InChI=1S/C15H17BrN2/c1-11-4-5-13(8-12(11)2)10-18(3)15-7-6-14(16)9-17-15/h4-9H,10H2,1-3H3. The van der Waals surface area contributed by atoms with Crippen LogP contribution >= 0.6 is 15.9 Å². The van der Waals surface area contributed by atoms with Gasteiger partial charge in [-0.25, -0.2) is 4.98 Å².